The second kappa shape index (κ2) is 10.5. The molecule has 2 atom stereocenters. The summed E-state index contributed by atoms with van der Waals surface area (Å²) < 4.78 is 0. The van der Waals surface area contributed by atoms with Crippen LogP contribution in [0.3, 0.4) is 0 Å². The van der Waals surface area contributed by atoms with Gasteiger partial charge in [0.1, 0.15) is 0 Å². The monoisotopic (exact) mass is 363 g/mol. The van der Waals surface area contributed by atoms with Crippen LogP contribution < -0.4 is 10.6 Å². The molecule has 0 aromatic carbocycles. The lowest BCUT2D eigenvalue weighted by atomic mass is 10.0. The molecule has 2 heterocycles. The quantitative estimate of drug-likeness (QED) is 0.415. The van der Waals surface area contributed by atoms with Gasteiger partial charge in [-0.3, -0.25) is 9.89 Å². The minimum atomic E-state index is 0.566. The van der Waals surface area contributed by atoms with Crippen molar-refractivity contribution >= 4 is 5.96 Å². The Bertz CT molecular complexity index is 432. The van der Waals surface area contributed by atoms with Crippen LogP contribution in [0.15, 0.2) is 4.99 Å². The zero-order valence-electron chi connectivity index (χ0n) is 17.2. The third-order valence-electron chi connectivity index (χ3n) is 6.56. The molecule has 26 heavy (non-hydrogen) atoms. The molecule has 5 heteroatoms. The Morgan fingerprint density at radius 2 is 1.85 bits per heavy atom. The molecule has 150 valence electrons. The van der Waals surface area contributed by atoms with Gasteiger partial charge in [-0.2, -0.15) is 0 Å². The van der Waals surface area contributed by atoms with Crippen molar-refractivity contribution in [3.8, 4) is 0 Å². The normalized spacial score (nSPS) is 29.4. The number of piperidine rings is 1. The Labute approximate surface area is 161 Å². The van der Waals surface area contributed by atoms with Crippen LogP contribution in [-0.2, 0) is 0 Å². The number of aliphatic imine (C=N–C) groups is 1. The van der Waals surface area contributed by atoms with Crippen molar-refractivity contribution in [2.24, 2.45) is 10.9 Å². The SMILES string of the molecule is CN=C(NCCCCN1CCCC(C)C1)NC1CCN(C2CCCC2)C1. The average molecular weight is 364 g/mol. The number of unbranched alkanes of at least 4 members (excludes halogenated alkanes) is 1. The summed E-state index contributed by atoms with van der Waals surface area (Å²) in [6.45, 7) is 9.74. The molecule has 0 bridgehead atoms. The van der Waals surface area contributed by atoms with E-state index in [0.29, 0.717) is 6.04 Å². The van der Waals surface area contributed by atoms with E-state index in [2.05, 4.69) is 32.3 Å². The fourth-order valence-corrected chi connectivity index (χ4v) is 5.05. The lowest BCUT2D eigenvalue weighted by Crippen LogP contribution is -2.45. The Morgan fingerprint density at radius 1 is 1.00 bits per heavy atom. The summed E-state index contributed by atoms with van der Waals surface area (Å²) >= 11 is 0. The third kappa shape index (κ3) is 6.12. The van der Waals surface area contributed by atoms with Gasteiger partial charge in [-0.05, 0) is 64.0 Å². The highest BCUT2D eigenvalue weighted by Gasteiger charge is 2.30. The lowest BCUT2D eigenvalue weighted by molar-refractivity contribution is 0.181. The number of hydrogen-bond acceptors (Lipinski definition) is 3. The first kappa shape index (κ1) is 19.9. The van der Waals surface area contributed by atoms with E-state index in [0.717, 1.165) is 24.5 Å². The number of nitrogens with one attached hydrogen (secondary N) is 2. The maximum atomic E-state index is 4.44. The van der Waals surface area contributed by atoms with E-state index < -0.39 is 0 Å². The van der Waals surface area contributed by atoms with E-state index in [1.807, 2.05) is 7.05 Å². The van der Waals surface area contributed by atoms with Crippen molar-refractivity contribution in [2.75, 3.05) is 46.3 Å². The molecule has 2 aliphatic heterocycles. The lowest BCUT2D eigenvalue weighted by Gasteiger charge is -2.30. The number of rotatable bonds is 7. The van der Waals surface area contributed by atoms with Crippen molar-refractivity contribution in [1.29, 1.82) is 0 Å². The zero-order chi connectivity index (χ0) is 18.2. The molecule has 0 amide bonds. The summed E-state index contributed by atoms with van der Waals surface area (Å²) in [6.07, 6.45) is 12.3. The fraction of sp³-hybridized carbons (Fsp3) is 0.952. The smallest absolute Gasteiger partial charge is 0.191 e. The van der Waals surface area contributed by atoms with E-state index in [1.165, 1.54) is 90.5 Å². The van der Waals surface area contributed by atoms with Gasteiger partial charge in [0.2, 0.25) is 0 Å². The van der Waals surface area contributed by atoms with Crippen molar-refractivity contribution in [3.05, 3.63) is 0 Å². The highest BCUT2D eigenvalue weighted by molar-refractivity contribution is 5.79. The minimum absolute atomic E-state index is 0.566. The van der Waals surface area contributed by atoms with Gasteiger partial charge in [0.15, 0.2) is 5.96 Å². The zero-order valence-corrected chi connectivity index (χ0v) is 17.2. The molecule has 0 radical (unpaired) electrons. The maximum Gasteiger partial charge on any atom is 0.191 e. The molecule has 2 N–H and O–H groups in total. The van der Waals surface area contributed by atoms with Crippen molar-refractivity contribution < 1.29 is 0 Å². The number of nitrogens with zero attached hydrogens (tertiary/aromatic N) is 3. The van der Waals surface area contributed by atoms with Crippen LogP contribution in [-0.4, -0.2) is 74.2 Å². The summed E-state index contributed by atoms with van der Waals surface area (Å²) in [5.41, 5.74) is 0. The Hall–Kier alpha value is -0.810. The standard InChI is InChI=1S/C21H41N5/c1-18-8-7-14-25(16-18)13-6-5-12-23-21(22-2)24-19-11-15-26(17-19)20-9-3-4-10-20/h18-20H,3-17H2,1-2H3,(H2,22,23,24). The maximum absolute atomic E-state index is 4.44. The van der Waals surface area contributed by atoms with Crippen LogP contribution >= 0.6 is 0 Å². The number of guanidine groups is 1. The molecule has 0 spiro atoms. The third-order valence-corrected chi connectivity index (χ3v) is 6.56. The van der Waals surface area contributed by atoms with Crippen LogP contribution in [0.2, 0.25) is 0 Å². The summed E-state index contributed by atoms with van der Waals surface area (Å²) in [7, 11) is 1.90. The van der Waals surface area contributed by atoms with Gasteiger partial charge in [-0.15, -0.1) is 0 Å². The van der Waals surface area contributed by atoms with Crippen LogP contribution in [0.5, 0.6) is 0 Å². The van der Waals surface area contributed by atoms with Crippen molar-refractivity contribution in [2.45, 2.75) is 76.8 Å². The Morgan fingerprint density at radius 3 is 2.62 bits per heavy atom. The van der Waals surface area contributed by atoms with E-state index >= 15 is 0 Å². The summed E-state index contributed by atoms with van der Waals surface area (Å²) in [5, 5.41) is 7.18. The van der Waals surface area contributed by atoms with Crippen LogP contribution in [0, 0.1) is 5.92 Å². The highest BCUT2D eigenvalue weighted by Crippen LogP contribution is 2.26. The average Bonchev–Trinajstić information content (AvgIpc) is 3.32. The molecule has 1 saturated carbocycles. The van der Waals surface area contributed by atoms with Gasteiger partial charge in [0, 0.05) is 45.3 Å². The Kier molecular flexibility index (Phi) is 8.06. The fourth-order valence-electron chi connectivity index (χ4n) is 5.05. The predicted octanol–water partition coefficient (Wildman–Crippen LogP) is 2.68. The minimum Gasteiger partial charge on any atom is -0.356 e. The number of likely N-dealkylation sites (tertiary alicyclic amines) is 2. The first-order valence-corrected chi connectivity index (χ1v) is 11.2. The summed E-state index contributed by atoms with van der Waals surface area (Å²) in [5.74, 6) is 1.88. The van der Waals surface area contributed by atoms with Crippen molar-refractivity contribution in [3.63, 3.8) is 0 Å². The van der Waals surface area contributed by atoms with Crippen LogP contribution in [0.25, 0.3) is 0 Å². The predicted molar refractivity (Wildman–Crippen MR) is 111 cm³/mol. The van der Waals surface area contributed by atoms with Gasteiger partial charge in [-0.25, -0.2) is 0 Å². The van der Waals surface area contributed by atoms with Gasteiger partial charge >= 0.3 is 0 Å². The second-order valence-electron chi connectivity index (χ2n) is 8.82. The first-order valence-electron chi connectivity index (χ1n) is 11.2. The van der Waals surface area contributed by atoms with Gasteiger partial charge in [0.05, 0.1) is 0 Å². The molecule has 1 aliphatic carbocycles. The van der Waals surface area contributed by atoms with Gasteiger partial charge < -0.3 is 15.5 Å². The second-order valence-corrected chi connectivity index (χ2v) is 8.82. The molecular formula is C21H41N5. The largest absolute Gasteiger partial charge is 0.356 e. The van der Waals surface area contributed by atoms with Crippen LogP contribution in [0.4, 0.5) is 0 Å². The molecular weight excluding hydrogens is 322 g/mol. The topological polar surface area (TPSA) is 42.9 Å². The molecule has 2 unspecified atom stereocenters. The molecule has 0 aromatic heterocycles. The van der Waals surface area contributed by atoms with E-state index in [4.69, 9.17) is 0 Å². The first-order chi connectivity index (χ1) is 12.7. The van der Waals surface area contributed by atoms with Crippen LogP contribution in [0.1, 0.15) is 64.7 Å². The Balaban J connectivity index is 1.26. The molecule has 2 saturated heterocycles. The van der Waals surface area contributed by atoms with E-state index in [-0.39, 0.29) is 0 Å². The van der Waals surface area contributed by atoms with E-state index in [1.54, 1.807) is 0 Å². The molecule has 3 fully saturated rings. The highest BCUT2D eigenvalue weighted by atomic mass is 15.3. The summed E-state index contributed by atoms with van der Waals surface area (Å²) in [6, 6.07) is 1.42. The molecule has 3 rings (SSSR count). The summed E-state index contributed by atoms with van der Waals surface area (Å²) in [4.78, 5) is 9.79. The van der Waals surface area contributed by atoms with Gasteiger partial charge in [0.25, 0.3) is 0 Å². The van der Waals surface area contributed by atoms with Crippen molar-refractivity contribution in [1.82, 2.24) is 20.4 Å². The van der Waals surface area contributed by atoms with Gasteiger partial charge in [-0.1, -0.05) is 19.8 Å². The molecule has 3 aliphatic rings. The number of hydrogen-bond donors (Lipinski definition) is 2. The van der Waals surface area contributed by atoms with E-state index in [9.17, 15) is 0 Å². The molecule has 0 aromatic rings. The molecule has 5 nitrogen and oxygen atoms in total.